The number of rotatable bonds is 6. The minimum Gasteiger partial charge on any atom is -0.360 e. The molecule has 3 heterocycles. The van der Waals surface area contributed by atoms with Gasteiger partial charge >= 0.3 is 0 Å². The molecular formula is C23H18N6O2S. The van der Waals surface area contributed by atoms with Gasteiger partial charge in [0, 0.05) is 17.0 Å². The van der Waals surface area contributed by atoms with Crippen molar-refractivity contribution in [1.82, 2.24) is 25.3 Å². The molecule has 0 spiro atoms. The number of hydrogen-bond acceptors (Lipinski definition) is 7. The van der Waals surface area contributed by atoms with Crippen LogP contribution in [-0.4, -0.2) is 31.2 Å². The second kappa shape index (κ2) is 8.64. The molecule has 0 atom stereocenters. The van der Waals surface area contributed by atoms with Gasteiger partial charge in [0.2, 0.25) is 0 Å². The number of fused-ring (bicyclic) bond motifs is 1. The average molecular weight is 443 g/mol. The third kappa shape index (κ3) is 3.97. The molecule has 0 saturated heterocycles. The Bertz CT molecular complexity index is 1400. The van der Waals surface area contributed by atoms with E-state index in [0.29, 0.717) is 34.1 Å². The molecule has 0 aliphatic rings. The summed E-state index contributed by atoms with van der Waals surface area (Å²) in [6.45, 7) is 1.74. The van der Waals surface area contributed by atoms with Crippen molar-refractivity contribution >= 4 is 34.4 Å². The fourth-order valence-electron chi connectivity index (χ4n) is 3.37. The van der Waals surface area contributed by atoms with Gasteiger partial charge in [-0.05, 0) is 24.6 Å². The van der Waals surface area contributed by atoms with Crippen molar-refractivity contribution in [2.45, 2.75) is 17.7 Å². The van der Waals surface area contributed by atoms with Gasteiger partial charge in [-0.3, -0.25) is 9.89 Å². The smallest absolute Gasteiger partial charge is 0.261 e. The van der Waals surface area contributed by atoms with E-state index in [-0.39, 0.29) is 5.91 Å². The topological polar surface area (TPSA) is 110 Å². The van der Waals surface area contributed by atoms with E-state index in [0.717, 1.165) is 21.5 Å². The molecule has 0 aliphatic carbocycles. The maximum absolute atomic E-state index is 13.1. The van der Waals surface area contributed by atoms with Crippen LogP contribution in [0.25, 0.3) is 22.3 Å². The summed E-state index contributed by atoms with van der Waals surface area (Å²) < 4.78 is 5.31. The lowest BCUT2D eigenvalue weighted by molar-refractivity contribution is 0.102. The van der Waals surface area contributed by atoms with Gasteiger partial charge in [0.05, 0.1) is 11.6 Å². The van der Waals surface area contributed by atoms with Crippen molar-refractivity contribution in [3.05, 3.63) is 84.0 Å². The van der Waals surface area contributed by atoms with Crippen LogP contribution in [0.4, 0.5) is 5.69 Å². The van der Waals surface area contributed by atoms with Crippen molar-refractivity contribution in [1.29, 1.82) is 0 Å². The molecule has 5 rings (SSSR count). The number of nitrogens with zero attached hydrogens (tertiary/aromatic N) is 4. The van der Waals surface area contributed by atoms with Gasteiger partial charge in [0.15, 0.2) is 5.65 Å². The van der Waals surface area contributed by atoms with E-state index in [4.69, 9.17) is 4.52 Å². The summed E-state index contributed by atoms with van der Waals surface area (Å²) in [4.78, 5) is 21.6. The molecule has 0 unspecified atom stereocenters. The van der Waals surface area contributed by atoms with Gasteiger partial charge in [-0.1, -0.05) is 47.6 Å². The molecule has 158 valence electrons. The largest absolute Gasteiger partial charge is 0.360 e. The van der Waals surface area contributed by atoms with E-state index < -0.39 is 0 Å². The Kier molecular flexibility index (Phi) is 5.39. The van der Waals surface area contributed by atoms with Gasteiger partial charge in [0.25, 0.3) is 5.91 Å². The molecule has 2 aromatic carbocycles. The Morgan fingerprint density at radius 3 is 2.88 bits per heavy atom. The summed E-state index contributed by atoms with van der Waals surface area (Å²) in [5, 5.41) is 15.7. The first-order valence-corrected chi connectivity index (χ1v) is 10.9. The molecule has 2 N–H and O–H groups in total. The number of thioether (sulfide) groups is 1. The molecule has 0 aliphatic heterocycles. The molecule has 0 saturated carbocycles. The SMILES string of the molecule is Cc1onc(-c2ccccc2)c1C(=O)Nc1cccc(CSc2ncnc3[nH]ncc23)c1. The van der Waals surface area contributed by atoms with Crippen molar-refractivity contribution in [2.75, 3.05) is 5.32 Å². The van der Waals surface area contributed by atoms with E-state index in [1.165, 1.54) is 6.33 Å². The first kappa shape index (κ1) is 20.0. The second-order valence-electron chi connectivity index (χ2n) is 7.08. The van der Waals surface area contributed by atoms with Crippen LogP contribution in [0.5, 0.6) is 0 Å². The molecule has 0 fully saturated rings. The van der Waals surface area contributed by atoms with Crippen molar-refractivity contribution in [3.63, 3.8) is 0 Å². The number of carbonyl (C=O) groups excluding carboxylic acids is 1. The number of H-pyrrole nitrogens is 1. The van der Waals surface area contributed by atoms with Gasteiger partial charge in [0.1, 0.15) is 28.4 Å². The minimum atomic E-state index is -0.261. The first-order valence-electron chi connectivity index (χ1n) is 9.88. The highest BCUT2D eigenvalue weighted by molar-refractivity contribution is 7.98. The van der Waals surface area contributed by atoms with Crippen molar-refractivity contribution in [2.24, 2.45) is 0 Å². The van der Waals surface area contributed by atoms with Gasteiger partial charge < -0.3 is 9.84 Å². The van der Waals surface area contributed by atoms with Crippen LogP contribution in [0.15, 0.2) is 76.7 Å². The summed E-state index contributed by atoms with van der Waals surface area (Å²) in [5.74, 6) is 0.895. The number of benzene rings is 2. The third-order valence-corrected chi connectivity index (χ3v) is 5.99. The van der Waals surface area contributed by atoms with Crippen molar-refractivity contribution in [3.8, 4) is 11.3 Å². The van der Waals surface area contributed by atoms with Crippen LogP contribution in [0, 0.1) is 6.92 Å². The zero-order chi connectivity index (χ0) is 21.9. The molecular weight excluding hydrogens is 424 g/mol. The van der Waals surface area contributed by atoms with Crippen molar-refractivity contribution < 1.29 is 9.32 Å². The van der Waals surface area contributed by atoms with Crippen LogP contribution in [0.1, 0.15) is 21.7 Å². The lowest BCUT2D eigenvalue weighted by Gasteiger charge is -2.08. The number of nitrogens with one attached hydrogen (secondary N) is 2. The summed E-state index contributed by atoms with van der Waals surface area (Å²) in [6.07, 6.45) is 3.24. The quantitative estimate of drug-likeness (QED) is 0.285. The predicted octanol–water partition coefficient (Wildman–Crippen LogP) is 4.86. The summed E-state index contributed by atoms with van der Waals surface area (Å²) >= 11 is 1.59. The van der Waals surface area contributed by atoms with E-state index in [1.54, 1.807) is 24.9 Å². The molecule has 9 heteroatoms. The number of aryl methyl sites for hydroxylation is 1. The highest BCUT2D eigenvalue weighted by Gasteiger charge is 2.21. The molecule has 1 amide bonds. The Morgan fingerprint density at radius 1 is 1.12 bits per heavy atom. The number of carbonyl (C=O) groups is 1. The zero-order valence-electron chi connectivity index (χ0n) is 17.1. The number of hydrogen-bond donors (Lipinski definition) is 2. The van der Waals surface area contributed by atoms with Crippen LogP contribution in [-0.2, 0) is 5.75 Å². The molecule has 3 aromatic heterocycles. The molecule has 8 nitrogen and oxygen atoms in total. The summed E-state index contributed by atoms with van der Waals surface area (Å²) in [7, 11) is 0. The maximum Gasteiger partial charge on any atom is 0.261 e. The second-order valence-corrected chi connectivity index (χ2v) is 8.05. The molecule has 32 heavy (non-hydrogen) atoms. The number of aromatic amines is 1. The Labute approximate surface area is 187 Å². The number of anilines is 1. The average Bonchev–Trinajstić information content (AvgIpc) is 3.45. The molecule has 0 bridgehead atoms. The monoisotopic (exact) mass is 442 g/mol. The Morgan fingerprint density at radius 2 is 2.00 bits per heavy atom. The van der Waals surface area contributed by atoms with E-state index in [2.05, 4.69) is 30.6 Å². The normalized spacial score (nSPS) is 11.0. The summed E-state index contributed by atoms with van der Waals surface area (Å²) in [6, 6.07) is 17.2. The van der Waals surface area contributed by atoms with Gasteiger partial charge in [-0.2, -0.15) is 5.10 Å². The van der Waals surface area contributed by atoms with Crippen LogP contribution < -0.4 is 5.32 Å². The van der Waals surface area contributed by atoms with Crippen LogP contribution in [0.3, 0.4) is 0 Å². The number of aromatic nitrogens is 5. The third-order valence-electron chi connectivity index (χ3n) is 4.91. The van der Waals surface area contributed by atoms with E-state index >= 15 is 0 Å². The predicted molar refractivity (Wildman–Crippen MR) is 122 cm³/mol. The maximum atomic E-state index is 13.1. The highest BCUT2D eigenvalue weighted by Crippen LogP contribution is 2.28. The highest BCUT2D eigenvalue weighted by atomic mass is 32.2. The lowest BCUT2D eigenvalue weighted by Crippen LogP contribution is -2.13. The lowest BCUT2D eigenvalue weighted by atomic mass is 10.1. The van der Waals surface area contributed by atoms with Gasteiger partial charge in [-0.15, -0.1) is 11.8 Å². The molecule has 5 aromatic rings. The number of amides is 1. The summed E-state index contributed by atoms with van der Waals surface area (Å²) in [5.41, 5.74) is 4.24. The first-order chi connectivity index (χ1) is 15.7. The standard InChI is InChI=1S/C23H18N6O2S/c1-14-19(20(29-31-14)16-7-3-2-4-8-16)22(30)27-17-9-5-6-15(10-17)12-32-23-18-11-26-28-21(18)24-13-25-23/h2-11,13H,12H2,1H3,(H,27,30)(H,24,25,26,28). The van der Waals surface area contributed by atoms with E-state index in [1.807, 2.05) is 54.6 Å². The zero-order valence-corrected chi connectivity index (χ0v) is 17.9. The minimum absolute atomic E-state index is 0.261. The van der Waals surface area contributed by atoms with Crippen LogP contribution in [0.2, 0.25) is 0 Å². The van der Waals surface area contributed by atoms with E-state index in [9.17, 15) is 4.79 Å². The fraction of sp³-hybridized carbons (Fsp3) is 0.0870. The molecule has 0 radical (unpaired) electrons. The van der Waals surface area contributed by atoms with Crippen LogP contribution >= 0.6 is 11.8 Å². The Hall–Kier alpha value is -3.98. The fourth-order valence-corrected chi connectivity index (χ4v) is 4.28. The Balaban J connectivity index is 1.33. The van der Waals surface area contributed by atoms with Gasteiger partial charge in [-0.25, -0.2) is 9.97 Å².